The third kappa shape index (κ3) is 0.981. The van der Waals surface area contributed by atoms with Gasteiger partial charge in [-0.15, -0.1) is 0 Å². The van der Waals surface area contributed by atoms with Crippen LogP contribution in [0.25, 0.3) is 5.57 Å². The van der Waals surface area contributed by atoms with Crippen LogP contribution in [-0.4, -0.2) is 4.98 Å². The Morgan fingerprint density at radius 3 is 2.92 bits per heavy atom. The van der Waals surface area contributed by atoms with Gasteiger partial charge in [0.15, 0.2) is 0 Å². The van der Waals surface area contributed by atoms with Crippen molar-refractivity contribution in [2.75, 3.05) is 0 Å². The molecular formula is C11H11N. The summed E-state index contributed by atoms with van der Waals surface area (Å²) in [6.07, 6.45) is 5.83. The summed E-state index contributed by atoms with van der Waals surface area (Å²) in [5.41, 5.74) is 4.73. The summed E-state index contributed by atoms with van der Waals surface area (Å²) < 4.78 is 0. The molecule has 0 atom stereocenters. The van der Waals surface area contributed by atoms with Crippen LogP contribution in [-0.2, 0) is 6.42 Å². The Hall–Kier alpha value is -1.37. The van der Waals surface area contributed by atoms with Crippen LogP contribution in [0.4, 0.5) is 0 Å². The highest BCUT2D eigenvalue weighted by molar-refractivity contribution is 5.79. The molecule has 0 unspecified atom stereocenters. The Labute approximate surface area is 72.5 Å². The van der Waals surface area contributed by atoms with E-state index in [0.717, 1.165) is 24.0 Å². The Morgan fingerprint density at radius 2 is 2.08 bits per heavy atom. The second-order valence-corrected chi connectivity index (χ2v) is 3.11. The zero-order chi connectivity index (χ0) is 8.55. The Balaban J connectivity index is 2.56. The smallest absolute Gasteiger partial charge is 0.0348 e. The molecule has 0 saturated carbocycles. The van der Waals surface area contributed by atoms with Crippen LogP contribution < -0.4 is 0 Å². The van der Waals surface area contributed by atoms with E-state index in [4.69, 9.17) is 0 Å². The molecule has 2 rings (SSSR count). The molecule has 0 fully saturated rings. The molecule has 1 aromatic heterocycles. The van der Waals surface area contributed by atoms with Gasteiger partial charge in [0, 0.05) is 18.0 Å². The number of fused-ring (bicyclic) bond motifs is 1. The summed E-state index contributed by atoms with van der Waals surface area (Å²) in [6.45, 7) is 7.96. The third-order valence-electron chi connectivity index (χ3n) is 2.36. The molecule has 1 heterocycles. The second kappa shape index (κ2) is 2.59. The van der Waals surface area contributed by atoms with Gasteiger partial charge in [-0.2, -0.15) is 0 Å². The maximum absolute atomic E-state index is 4.08. The van der Waals surface area contributed by atoms with Crippen molar-refractivity contribution in [3.05, 3.63) is 48.3 Å². The van der Waals surface area contributed by atoms with Crippen LogP contribution in [0.15, 0.2) is 37.2 Å². The van der Waals surface area contributed by atoms with Crippen LogP contribution in [0.1, 0.15) is 17.5 Å². The standard InChI is InChI=1S/C11H11N/c1-8-3-4-10-5-6-12-7-11(10)9(8)2/h5-7H,1-4H2. The number of pyridine rings is 1. The number of allylic oxidation sites excluding steroid dienone is 2. The molecule has 0 spiro atoms. The minimum Gasteiger partial charge on any atom is -0.264 e. The van der Waals surface area contributed by atoms with E-state index in [1.54, 1.807) is 0 Å². The van der Waals surface area contributed by atoms with Crippen molar-refractivity contribution in [1.82, 2.24) is 4.98 Å². The zero-order valence-corrected chi connectivity index (χ0v) is 7.01. The average Bonchev–Trinajstić information content (AvgIpc) is 2.12. The average molecular weight is 157 g/mol. The molecule has 0 amide bonds. The van der Waals surface area contributed by atoms with Gasteiger partial charge in [0.1, 0.15) is 0 Å². The molecule has 1 aliphatic rings. The number of hydrogen-bond donors (Lipinski definition) is 0. The fourth-order valence-corrected chi connectivity index (χ4v) is 1.54. The van der Waals surface area contributed by atoms with Crippen molar-refractivity contribution < 1.29 is 0 Å². The van der Waals surface area contributed by atoms with Crippen LogP contribution in [0.3, 0.4) is 0 Å². The van der Waals surface area contributed by atoms with Gasteiger partial charge in [0.05, 0.1) is 0 Å². The highest BCUT2D eigenvalue weighted by atomic mass is 14.6. The summed E-state index contributed by atoms with van der Waals surface area (Å²) in [5, 5.41) is 0. The third-order valence-corrected chi connectivity index (χ3v) is 2.36. The summed E-state index contributed by atoms with van der Waals surface area (Å²) in [6, 6.07) is 2.06. The van der Waals surface area contributed by atoms with E-state index in [9.17, 15) is 0 Å². The number of hydrogen-bond acceptors (Lipinski definition) is 1. The van der Waals surface area contributed by atoms with E-state index in [0.29, 0.717) is 0 Å². The molecule has 0 aliphatic heterocycles. The molecule has 0 radical (unpaired) electrons. The Kier molecular flexibility index (Phi) is 1.58. The van der Waals surface area contributed by atoms with Crippen molar-refractivity contribution in [3.8, 4) is 0 Å². The molecule has 12 heavy (non-hydrogen) atoms. The lowest BCUT2D eigenvalue weighted by Gasteiger charge is -2.19. The molecule has 1 aromatic rings. The van der Waals surface area contributed by atoms with E-state index >= 15 is 0 Å². The number of nitrogens with zero attached hydrogens (tertiary/aromatic N) is 1. The first-order valence-electron chi connectivity index (χ1n) is 4.09. The van der Waals surface area contributed by atoms with Crippen LogP contribution in [0.2, 0.25) is 0 Å². The molecule has 0 saturated heterocycles. The quantitative estimate of drug-likeness (QED) is 0.564. The number of aromatic nitrogens is 1. The Bertz CT molecular complexity index is 350. The minimum absolute atomic E-state index is 1.04. The molecule has 1 nitrogen and oxygen atoms in total. The van der Waals surface area contributed by atoms with Crippen LogP contribution >= 0.6 is 0 Å². The predicted octanol–water partition coefficient (Wildman–Crippen LogP) is 2.60. The van der Waals surface area contributed by atoms with E-state index < -0.39 is 0 Å². The molecule has 60 valence electrons. The highest BCUT2D eigenvalue weighted by Crippen LogP contribution is 2.31. The number of aryl methyl sites for hydroxylation is 1. The lowest BCUT2D eigenvalue weighted by molar-refractivity contribution is 0.936. The van der Waals surface area contributed by atoms with Gasteiger partial charge in [0.25, 0.3) is 0 Å². The highest BCUT2D eigenvalue weighted by Gasteiger charge is 2.14. The van der Waals surface area contributed by atoms with Crippen molar-refractivity contribution in [2.24, 2.45) is 0 Å². The van der Waals surface area contributed by atoms with Gasteiger partial charge in [-0.3, -0.25) is 4.98 Å². The second-order valence-electron chi connectivity index (χ2n) is 3.11. The van der Waals surface area contributed by atoms with Gasteiger partial charge < -0.3 is 0 Å². The fraction of sp³-hybridized carbons (Fsp3) is 0.182. The molecule has 1 heteroatoms. The van der Waals surface area contributed by atoms with Crippen molar-refractivity contribution >= 4 is 5.57 Å². The van der Waals surface area contributed by atoms with Gasteiger partial charge in [-0.1, -0.05) is 13.2 Å². The molecule has 0 bridgehead atoms. The predicted molar refractivity (Wildman–Crippen MR) is 50.7 cm³/mol. The van der Waals surface area contributed by atoms with Crippen LogP contribution in [0, 0.1) is 0 Å². The zero-order valence-electron chi connectivity index (χ0n) is 7.01. The first kappa shape index (κ1) is 7.29. The fourth-order valence-electron chi connectivity index (χ4n) is 1.54. The molecule has 0 aromatic carbocycles. The maximum atomic E-state index is 4.08. The first-order chi connectivity index (χ1) is 5.79. The van der Waals surface area contributed by atoms with E-state index in [2.05, 4.69) is 24.2 Å². The van der Waals surface area contributed by atoms with Crippen molar-refractivity contribution in [1.29, 1.82) is 0 Å². The maximum Gasteiger partial charge on any atom is 0.0348 e. The largest absolute Gasteiger partial charge is 0.264 e. The van der Waals surface area contributed by atoms with Gasteiger partial charge in [0.2, 0.25) is 0 Å². The summed E-state index contributed by atoms with van der Waals surface area (Å²) in [5.74, 6) is 0. The van der Waals surface area contributed by atoms with Gasteiger partial charge in [-0.05, 0) is 35.6 Å². The number of rotatable bonds is 0. The molecule has 0 N–H and O–H groups in total. The SMILES string of the molecule is C=C1CCc2ccncc2C1=C. The Morgan fingerprint density at radius 1 is 1.25 bits per heavy atom. The summed E-state index contributed by atoms with van der Waals surface area (Å²) in [7, 11) is 0. The normalized spacial score (nSPS) is 16.0. The minimum atomic E-state index is 1.04. The molecule has 1 aliphatic carbocycles. The van der Waals surface area contributed by atoms with E-state index in [1.807, 2.05) is 12.4 Å². The van der Waals surface area contributed by atoms with E-state index in [1.165, 1.54) is 11.1 Å². The lowest BCUT2D eigenvalue weighted by Crippen LogP contribution is -2.03. The monoisotopic (exact) mass is 157 g/mol. The van der Waals surface area contributed by atoms with Crippen LogP contribution in [0.5, 0.6) is 0 Å². The summed E-state index contributed by atoms with van der Waals surface area (Å²) in [4.78, 5) is 4.08. The lowest BCUT2D eigenvalue weighted by atomic mass is 9.87. The van der Waals surface area contributed by atoms with Gasteiger partial charge >= 0.3 is 0 Å². The van der Waals surface area contributed by atoms with Crippen molar-refractivity contribution in [3.63, 3.8) is 0 Å². The summed E-state index contributed by atoms with van der Waals surface area (Å²) >= 11 is 0. The topological polar surface area (TPSA) is 12.9 Å². The first-order valence-corrected chi connectivity index (χ1v) is 4.09. The van der Waals surface area contributed by atoms with Crippen molar-refractivity contribution in [2.45, 2.75) is 12.8 Å². The van der Waals surface area contributed by atoms with E-state index in [-0.39, 0.29) is 0 Å². The van der Waals surface area contributed by atoms with Gasteiger partial charge in [-0.25, -0.2) is 0 Å². The molecular weight excluding hydrogens is 146 g/mol.